The van der Waals surface area contributed by atoms with E-state index in [1.165, 1.54) is 4.90 Å². The number of nitrogens with one attached hydrogen (secondary N) is 1. The van der Waals surface area contributed by atoms with Gasteiger partial charge >= 0.3 is 0 Å². The van der Waals surface area contributed by atoms with E-state index in [0.29, 0.717) is 0 Å². The molecule has 1 amide bonds. The summed E-state index contributed by atoms with van der Waals surface area (Å²) in [5.41, 5.74) is 0. The monoisotopic (exact) mass is 168 g/mol. The number of amides is 1. The van der Waals surface area contributed by atoms with Gasteiger partial charge in [-0.1, -0.05) is 6.92 Å². The van der Waals surface area contributed by atoms with Crippen LogP contribution in [-0.2, 0) is 6.42 Å². The minimum atomic E-state index is -0.175. The number of aryl methyl sites for hydroxylation is 1. The van der Waals surface area contributed by atoms with Crippen molar-refractivity contribution in [2.75, 3.05) is 14.1 Å². The summed E-state index contributed by atoms with van der Waals surface area (Å²) in [7, 11) is 3.34. The minimum absolute atomic E-state index is 0.175. The molecule has 0 unspecified atom stereocenters. The summed E-state index contributed by atoms with van der Waals surface area (Å²) in [6.45, 7) is 1.95. The molecule has 12 heavy (non-hydrogen) atoms. The average molecular weight is 168 g/mol. The highest BCUT2D eigenvalue weighted by Gasteiger charge is 2.12. The first-order chi connectivity index (χ1) is 5.65. The van der Waals surface area contributed by atoms with Crippen LogP contribution >= 0.6 is 0 Å². The summed E-state index contributed by atoms with van der Waals surface area (Å²) in [5.74, 6) is 0.794. The highest BCUT2D eigenvalue weighted by atomic mass is 16.2. The third-order valence-electron chi connectivity index (χ3n) is 1.46. The van der Waals surface area contributed by atoms with Crippen molar-refractivity contribution in [1.29, 1.82) is 0 Å². The molecule has 0 fully saturated rings. The topological polar surface area (TPSA) is 61.9 Å². The van der Waals surface area contributed by atoms with Crippen LogP contribution in [0.25, 0.3) is 0 Å². The molecule has 0 aromatic carbocycles. The molecule has 5 nitrogen and oxygen atoms in total. The van der Waals surface area contributed by atoms with E-state index in [2.05, 4.69) is 15.2 Å². The van der Waals surface area contributed by atoms with Gasteiger partial charge in [-0.15, -0.1) is 5.10 Å². The van der Waals surface area contributed by atoms with Crippen LogP contribution in [0.4, 0.5) is 0 Å². The van der Waals surface area contributed by atoms with Gasteiger partial charge in [0.15, 0.2) is 0 Å². The highest BCUT2D eigenvalue weighted by molar-refractivity contribution is 5.89. The number of carbonyl (C=O) groups is 1. The van der Waals surface area contributed by atoms with Crippen LogP contribution in [0.3, 0.4) is 0 Å². The Kier molecular flexibility index (Phi) is 2.42. The maximum atomic E-state index is 11.3. The largest absolute Gasteiger partial charge is 0.342 e. The van der Waals surface area contributed by atoms with Crippen LogP contribution in [0.2, 0.25) is 0 Å². The molecule has 1 N–H and O–H groups in total. The Morgan fingerprint density at radius 3 is 2.67 bits per heavy atom. The standard InChI is InChI=1S/C7H12N4O/c1-4-5-8-6(10-9-5)7(12)11(2)3/h4H2,1-3H3,(H,8,9,10). The zero-order chi connectivity index (χ0) is 9.14. The Labute approximate surface area is 70.8 Å². The molecule has 1 aromatic rings. The minimum Gasteiger partial charge on any atom is -0.342 e. The number of rotatable bonds is 2. The van der Waals surface area contributed by atoms with E-state index in [0.717, 1.165) is 12.2 Å². The van der Waals surface area contributed by atoms with Gasteiger partial charge in [0.05, 0.1) is 0 Å². The molecule has 66 valence electrons. The molecular formula is C7H12N4O. The number of aromatic nitrogens is 3. The van der Waals surface area contributed by atoms with Crippen LogP contribution in [0.1, 0.15) is 23.4 Å². The molecule has 0 radical (unpaired) electrons. The van der Waals surface area contributed by atoms with Gasteiger partial charge in [0.25, 0.3) is 5.91 Å². The summed E-state index contributed by atoms with van der Waals surface area (Å²) in [6.07, 6.45) is 0.758. The van der Waals surface area contributed by atoms with E-state index < -0.39 is 0 Å². The molecule has 1 heterocycles. The van der Waals surface area contributed by atoms with Crippen molar-refractivity contribution in [3.05, 3.63) is 11.6 Å². The first-order valence-corrected chi connectivity index (χ1v) is 3.78. The van der Waals surface area contributed by atoms with Gasteiger partial charge in [0.2, 0.25) is 5.82 Å². The van der Waals surface area contributed by atoms with Crippen LogP contribution in [0.5, 0.6) is 0 Å². The summed E-state index contributed by atoms with van der Waals surface area (Å²) in [6, 6.07) is 0. The fraction of sp³-hybridized carbons (Fsp3) is 0.571. The zero-order valence-corrected chi connectivity index (χ0v) is 7.46. The zero-order valence-electron chi connectivity index (χ0n) is 7.46. The lowest BCUT2D eigenvalue weighted by Crippen LogP contribution is -2.22. The van der Waals surface area contributed by atoms with Crippen molar-refractivity contribution < 1.29 is 4.79 Å². The molecule has 1 rings (SSSR count). The predicted molar refractivity (Wildman–Crippen MR) is 43.8 cm³/mol. The molecule has 0 saturated carbocycles. The van der Waals surface area contributed by atoms with Gasteiger partial charge < -0.3 is 4.90 Å². The number of aromatic amines is 1. The third-order valence-corrected chi connectivity index (χ3v) is 1.46. The Morgan fingerprint density at radius 1 is 1.58 bits per heavy atom. The Hall–Kier alpha value is -1.39. The van der Waals surface area contributed by atoms with Crippen molar-refractivity contribution in [2.24, 2.45) is 0 Å². The van der Waals surface area contributed by atoms with Crippen molar-refractivity contribution in [3.63, 3.8) is 0 Å². The van der Waals surface area contributed by atoms with Crippen LogP contribution in [0, 0.1) is 0 Å². The molecule has 0 bridgehead atoms. The molecule has 0 saturated heterocycles. The number of nitrogens with zero attached hydrogens (tertiary/aromatic N) is 3. The van der Waals surface area contributed by atoms with Crippen LogP contribution in [0.15, 0.2) is 0 Å². The van der Waals surface area contributed by atoms with Crippen molar-refractivity contribution in [3.8, 4) is 0 Å². The van der Waals surface area contributed by atoms with E-state index in [1.54, 1.807) is 14.1 Å². The second kappa shape index (κ2) is 3.34. The number of H-pyrrole nitrogens is 1. The summed E-state index contributed by atoms with van der Waals surface area (Å²) >= 11 is 0. The smallest absolute Gasteiger partial charge is 0.293 e. The Morgan fingerprint density at radius 2 is 2.25 bits per heavy atom. The lowest BCUT2D eigenvalue weighted by molar-refractivity contribution is 0.0816. The summed E-state index contributed by atoms with van der Waals surface area (Å²) in [4.78, 5) is 16.7. The predicted octanol–water partition coefficient (Wildman–Crippen LogP) is 0.0689. The van der Waals surface area contributed by atoms with Crippen molar-refractivity contribution in [1.82, 2.24) is 20.1 Å². The van der Waals surface area contributed by atoms with Gasteiger partial charge in [-0.2, -0.15) is 0 Å². The number of hydrogen-bond donors (Lipinski definition) is 1. The van der Waals surface area contributed by atoms with E-state index in [-0.39, 0.29) is 11.7 Å². The van der Waals surface area contributed by atoms with E-state index in [4.69, 9.17) is 0 Å². The van der Waals surface area contributed by atoms with Gasteiger partial charge in [-0.25, -0.2) is 4.98 Å². The van der Waals surface area contributed by atoms with Crippen LogP contribution < -0.4 is 0 Å². The molecule has 1 aromatic heterocycles. The maximum Gasteiger partial charge on any atom is 0.293 e. The number of carbonyl (C=O) groups excluding carboxylic acids is 1. The SMILES string of the molecule is CCc1nc(C(=O)N(C)C)n[nH]1. The van der Waals surface area contributed by atoms with Gasteiger partial charge in [-0.05, 0) is 0 Å². The summed E-state index contributed by atoms with van der Waals surface area (Å²) < 4.78 is 0. The van der Waals surface area contributed by atoms with Crippen molar-refractivity contribution in [2.45, 2.75) is 13.3 Å². The quantitative estimate of drug-likeness (QED) is 0.679. The van der Waals surface area contributed by atoms with Crippen LogP contribution in [-0.4, -0.2) is 40.1 Å². The van der Waals surface area contributed by atoms with E-state index >= 15 is 0 Å². The molecule has 0 aliphatic heterocycles. The average Bonchev–Trinajstić information content (AvgIpc) is 2.50. The first-order valence-electron chi connectivity index (χ1n) is 3.78. The fourth-order valence-electron chi connectivity index (χ4n) is 0.749. The maximum absolute atomic E-state index is 11.3. The van der Waals surface area contributed by atoms with Gasteiger partial charge in [0, 0.05) is 20.5 Å². The normalized spacial score (nSPS) is 9.92. The second-order valence-corrected chi connectivity index (χ2v) is 2.66. The van der Waals surface area contributed by atoms with E-state index in [1.807, 2.05) is 6.92 Å². The lowest BCUT2D eigenvalue weighted by atomic mass is 10.4. The van der Waals surface area contributed by atoms with Gasteiger partial charge in [0.1, 0.15) is 5.82 Å². The fourth-order valence-corrected chi connectivity index (χ4v) is 0.749. The van der Waals surface area contributed by atoms with E-state index in [9.17, 15) is 4.79 Å². The molecule has 0 aliphatic carbocycles. The second-order valence-electron chi connectivity index (χ2n) is 2.66. The molecule has 0 atom stereocenters. The Bertz CT molecular complexity index is 279. The third kappa shape index (κ3) is 1.61. The summed E-state index contributed by atoms with van der Waals surface area (Å²) in [5, 5.41) is 6.46. The Balaban J connectivity index is 2.82. The van der Waals surface area contributed by atoms with Gasteiger partial charge in [-0.3, -0.25) is 9.89 Å². The molecule has 0 spiro atoms. The molecule has 5 heteroatoms. The lowest BCUT2D eigenvalue weighted by Gasteiger charge is -2.05. The highest BCUT2D eigenvalue weighted by Crippen LogP contribution is 1.95. The van der Waals surface area contributed by atoms with Crippen molar-refractivity contribution >= 4 is 5.91 Å². The first kappa shape index (κ1) is 8.70. The molecule has 0 aliphatic rings. The molecular weight excluding hydrogens is 156 g/mol. The number of hydrogen-bond acceptors (Lipinski definition) is 3.